The first-order valence-corrected chi connectivity index (χ1v) is 8.78. The predicted molar refractivity (Wildman–Crippen MR) is 102 cm³/mol. The van der Waals surface area contributed by atoms with Gasteiger partial charge in [0.25, 0.3) is 5.91 Å². The molecule has 1 saturated heterocycles. The van der Waals surface area contributed by atoms with Gasteiger partial charge in [0.05, 0.1) is 0 Å². The van der Waals surface area contributed by atoms with Gasteiger partial charge in [-0.25, -0.2) is 9.59 Å². The zero-order valence-corrected chi connectivity index (χ0v) is 15.3. The van der Waals surface area contributed by atoms with Crippen molar-refractivity contribution in [3.05, 3.63) is 66.2 Å². The number of nitrogens with one attached hydrogen (secondary N) is 2. The second-order valence-electron chi connectivity index (χ2n) is 6.30. The number of carbonyl (C=O) groups is 4. The third-order valence-corrected chi connectivity index (χ3v) is 4.33. The number of hydrogen-bond donors (Lipinski definition) is 2. The molecule has 1 heterocycles. The Balaban J connectivity index is 1.57. The third kappa shape index (κ3) is 4.17. The van der Waals surface area contributed by atoms with Gasteiger partial charge >= 0.3 is 12.1 Å². The molecule has 1 aliphatic rings. The molecular formula is C20H20N4O4. The summed E-state index contributed by atoms with van der Waals surface area (Å²) in [6.45, 7) is 1.32. The van der Waals surface area contributed by atoms with Crippen LogP contribution in [-0.4, -0.2) is 41.4 Å². The monoisotopic (exact) mass is 380 g/mol. The van der Waals surface area contributed by atoms with E-state index in [2.05, 4.69) is 10.6 Å². The fraction of sp³-hybridized carbons (Fsp3) is 0.200. The van der Waals surface area contributed by atoms with Crippen molar-refractivity contribution in [2.75, 3.05) is 11.4 Å². The molecule has 0 aliphatic carbocycles. The Morgan fingerprint density at radius 2 is 1.57 bits per heavy atom. The first kappa shape index (κ1) is 19.1. The second-order valence-corrected chi connectivity index (χ2v) is 6.30. The summed E-state index contributed by atoms with van der Waals surface area (Å²) in [5, 5.41) is 4.68. The van der Waals surface area contributed by atoms with E-state index in [0.717, 1.165) is 10.5 Å². The summed E-state index contributed by atoms with van der Waals surface area (Å²) in [6.07, 6.45) is 0. The van der Waals surface area contributed by atoms with Gasteiger partial charge in [0.1, 0.15) is 12.6 Å². The Kier molecular flexibility index (Phi) is 5.69. The molecule has 0 bridgehead atoms. The van der Waals surface area contributed by atoms with E-state index in [-0.39, 0.29) is 6.54 Å². The second kappa shape index (κ2) is 8.34. The molecule has 1 atom stereocenters. The molecule has 2 N–H and O–H groups in total. The molecule has 2 aromatic rings. The van der Waals surface area contributed by atoms with E-state index in [0.29, 0.717) is 5.69 Å². The molecule has 144 valence electrons. The summed E-state index contributed by atoms with van der Waals surface area (Å²) in [5.74, 6) is -1.23. The molecule has 28 heavy (non-hydrogen) atoms. The average Bonchev–Trinajstić information content (AvgIpc) is 2.91. The quantitative estimate of drug-likeness (QED) is 0.774. The molecule has 8 nitrogen and oxygen atoms in total. The molecule has 6 amide bonds. The zero-order valence-electron chi connectivity index (χ0n) is 15.3. The van der Waals surface area contributed by atoms with Crippen molar-refractivity contribution in [3.63, 3.8) is 0 Å². The largest absolute Gasteiger partial charge is 0.334 e. The normalized spacial score (nSPS) is 16.2. The zero-order chi connectivity index (χ0) is 20.1. The maximum atomic E-state index is 12.6. The van der Waals surface area contributed by atoms with Crippen molar-refractivity contribution < 1.29 is 19.2 Å². The molecule has 1 unspecified atom stereocenters. The molecular weight excluding hydrogens is 360 g/mol. The molecule has 0 saturated carbocycles. The van der Waals surface area contributed by atoms with Crippen molar-refractivity contribution in [1.29, 1.82) is 0 Å². The summed E-state index contributed by atoms with van der Waals surface area (Å²) >= 11 is 0. The molecule has 0 radical (unpaired) electrons. The van der Waals surface area contributed by atoms with Crippen LogP contribution in [0.1, 0.15) is 12.5 Å². The first-order valence-electron chi connectivity index (χ1n) is 8.78. The lowest BCUT2D eigenvalue weighted by Crippen LogP contribution is -2.46. The average molecular weight is 380 g/mol. The van der Waals surface area contributed by atoms with Crippen molar-refractivity contribution >= 4 is 29.6 Å². The minimum Gasteiger partial charge on any atom is -0.334 e. The van der Waals surface area contributed by atoms with E-state index in [9.17, 15) is 19.2 Å². The van der Waals surface area contributed by atoms with E-state index in [1.54, 1.807) is 37.3 Å². The summed E-state index contributed by atoms with van der Waals surface area (Å²) < 4.78 is 0. The van der Waals surface area contributed by atoms with Crippen molar-refractivity contribution in [3.8, 4) is 0 Å². The lowest BCUT2D eigenvalue weighted by molar-refractivity contribution is -0.131. The number of rotatable bonds is 5. The third-order valence-electron chi connectivity index (χ3n) is 4.33. The summed E-state index contributed by atoms with van der Waals surface area (Å²) in [6, 6.07) is 15.9. The number of urea groups is 2. The van der Waals surface area contributed by atoms with Gasteiger partial charge in [-0.2, -0.15) is 0 Å². The standard InChI is InChI=1S/C20H20N4O4/c1-14-18(26)23(20(28)24(14)16-10-6-3-7-11-16)13-17(25)22-19(27)21-12-15-8-4-2-5-9-15/h2-11,14H,12-13H2,1H3,(H2,21,22,25,27). The van der Waals surface area contributed by atoms with E-state index >= 15 is 0 Å². The van der Waals surface area contributed by atoms with Crippen LogP contribution in [0.4, 0.5) is 15.3 Å². The number of imide groups is 2. The van der Waals surface area contributed by atoms with Crippen LogP contribution in [0.5, 0.6) is 0 Å². The van der Waals surface area contributed by atoms with E-state index in [1.165, 1.54) is 4.90 Å². The first-order chi connectivity index (χ1) is 13.5. The molecule has 8 heteroatoms. The Hall–Kier alpha value is -3.68. The van der Waals surface area contributed by atoms with Crippen LogP contribution in [0.25, 0.3) is 0 Å². The summed E-state index contributed by atoms with van der Waals surface area (Å²) in [4.78, 5) is 51.2. The molecule has 3 rings (SSSR count). The lowest BCUT2D eigenvalue weighted by Gasteiger charge is -2.19. The lowest BCUT2D eigenvalue weighted by atomic mass is 10.2. The predicted octanol–water partition coefficient (Wildman–Crippen LogP) is 1.87. The van der Waals surface area contributed by atoms with Gasteiger partial charge in [-0.3, -0.25) is 24.7 Å². The van der Waals surface area contributed by atoms with Crippen LogP contribution < -0.4 is 15.5 Å². The fourth-order valence-corrected chi connectivity index (χ4v) is 2.93. The maximum absolute atomic E-state index is 12.6. The number of carbonyl (C=O) groups excluding carboxylic acids is 4. The number of anilines is 1. The van der Waals surface area contributed by atoms with Crippen LogP contribution in [-0.2, 0) is 16.1 Å². The summed E-state index contributed by atoms with van der Waals surface area (Å²) in [5.41, 5.74) is 1.44. The number of nitrogens with zero attached hydrogens (tertiary/aromatic N) is 2. The Bertz CT molecular complexity index is 886. The highest BCUT2D eigenvalue weighted by Crippen LogP contribution is 2.25. The molecule has 2 aromatic carbocycles. The minimum atomic E-state index is -0.741. The summed E-state index contributed by atoms with van der Waals surface area (Å²) in [7, 11) is 0. The van der Waals surface area contributed by atoms with Crippen LogP contribution in [0.2, 0.25) is 0 Å². The van der Waals surface area contributed by atoms with Gasteiger partial charge in [0.2, 0.25) is 5.91 Å². The van der Waals surface area contributed by atoms with Crippen molar-refractivity contribution in [1.82, 2.24) is 15.5 Å². The number of hydrogen-bond acceptors (Lipinski definition) is 4. The number of amides is 6. The van der Waals surface area contributed by atoms with Crippen LogP contribution in [0.15, 0.2) is 60.7 Å². The van der Waals surface area contributed by atoms with Crippen molar-refractivity contribution in [2.45, 2.75) is 19.5 Å². The van der Waals surface area contributed by atoms with Gasteiger partial charge in [-0.1, -0.05) is 48.5 Å². The van der Waals surface area contributed by atoms with Gasteiger partial charge in [0.15, 0.2) is 0 Å². The number of para-hydroxylation sites is 1. The molecule has 1 fully saturated rings. The highest BCUT2D eigenvalue weighted by atomic mass is 16.2. The van der Waals surface area contributed by atoms with Crippen molar-refractivity contribution in [2.24, 2.45) is 0 Å². The smallest absolute Gasteiger partial charge is 0.332 e. The topological polar surface area (TPSA) is 98.8 Å². The molecule has 0 aromatic heterocycles. The Morgan fingerprint density at radius 1 is 0.964 bits per heavy atom. The van der Waals surface area contributed by atoms with Gasteiger partial charge in [-0.05, 0) is 24.6 Å². The highest BCUT2D eigenvalue weighted by Gasteiger charge is 2.44. The molecule has 1 aliphatic heterocycles. The maximum Gasteiger partial charge on any atom is 0.332 e. The molecule has 0 spiro atoms. The Labute approximate surface area is 162 Å². The van der Waals surface area contributed by atoms with Crippen LogP contribution >= 0.6 is 0 Å². The van der Waals surface area contributed by atoms with E-state index in [4.69, 9.17) is 0 Å². The van der Waals surface area contributed by atoms with Crippen LogP contribution in [0, 0.1) is 0 Å². The van der Waals surface area contributed by atoms with E-state index in [1.807, 2.05) is 30.3 Å². The minimum absolute atomic E-state index is 0.250. The Morgan fingerprint density at radius 3 is 2.21 bits per heavy atom. The van der Waals surface area contributed by atoms with Gasteiger partial charge in [0, 0.05) is 12.2 Å². The highest BCUT2D eigenvalue weighted by molar-refractivity contribution is 6.15. The van der Waals surface area contributed by atoms with E-state index < -0.39 is 36.5 Å². The van der Waals surface area contributed by atoms with Gasteiger partial charge in [-0.15, -0.1) is 0 Å². The SMILES string of the molecule is CC1C(=O)N(CC(=O)NC(=O)NCc2ccccc2)C(=O)N1c1ccccc1. The fourth-order valence-electron chi connectivity index (χ4n) is 2.93. The number of benzene rings is 2. The van der Waals surface area contributed by atoms with Crippen LogP contribution in [0.3, 0.4) is 0 Å². The van der Waals surface area contributed by atoms with Gasteiger partial charge < -0.3 is 5.32 Å².